The number of esters is 1. The average molecular weight is 248 g/mol. The van der Waals surface area contributed by atoms with Crippen molar-refractivity contribution in [3.05, 3.63) is 0 Å². The Morgan fingerprint density at radius 2 is 2.00 bits per heavy atom. The Bertz CT molecular complexity index is 203. The summed E-state index contributed by atoms with van der Waals surface area (Å²) in [5.74, 6) is 4.73. The van der Waals surface area contributed by atoms with E-state index >= 15 is 0 Å². The number of hydrogen-bond acceptors (Lipinski definition) is 4. The fourth-order valence-corrected chi connectivity index (χ4v) is 3.68. The van der Waals surface area contributed by atoms with Gasteiger partial charge in [0.05, 0.1) is 13.5 Å². The van der Waals surface area contributed by atoms with Gasteiger partial charge in [0.2, 0.25) is 0 Å². The molecule has 0 N–H and O–H groups in total. The molecule has 88 valence electrons. The smallest absolute Gasteiger partial charge is 0.306 e. The Morgan fingerprint density at radius 3 is 2.53 bits per heavy atom. The highest BCUT2D eigenvalue weighted by Gasteiger charge is 2.44. The van der Waals surface area contributed by atoms with Crippen molar-refractivity contribution in [3.8, 4) is 0 Å². The third kappa shape index (κ3) is 5.16. The number of hydrogen-bond donors (Lipinski definition) is 0. The van der Waals surface area contributed by atoms with E-state index in [-0.39, 0.29) is 5.97 Å². The van der Waals surface area contributed by atoms with Gasteiger partial charge >= 0.3 is 5.97 Å². The molecule has 0 bridgehead atoms. The van der Waals surface area contributed by atoms with Crippen LogP contribution in [-0.2, 0) is 9.53 Å². The third-order valence-corrected chi connectivity index (χ3v) is 5.16. The summed E-state index contributed by atoms with van der Waals surface area (Å²) in [7, 11) is 1.48. The van der Waals surface area contributed by atoms with Crippen molar-refractivity contribution < 1.29 is 9.53 Å². The molecular formula is C11H20O2S2. The highest BCUT2D eigenvalue weighted by Crippen LogP contribution is 2.51. The molecule has 4 heteroatoms. The molecule has 0 radical (unpaired) electrons. The van der Waals surface area contributed by atoms with Crippen LogP contribution < -0.4 is 0 Å². The van der Waals surface area contributed by atoms with Gasteiger partial charge in [0.25, 0.3) is 0 Å². The zero-order chi connectivity index (χ0) is 11.1. The first-order valence-corrected chi connectivity index (χ1v) is 7.76. The summed E-state index contributed by atoms with van der Waals surface area (Å²) in [6.07, 6.45) is 3.03. The molecule has 15 heavy (non-hydrogen) atoms. The van der Waals surface area contributed by atoms with Gasteiger partial charge in [-0.05, 0) is 29.8 Å². The second-order valence-corrected chi connectivity index (χ2v) is 6.50. The Balaban J connectivity index is 2.07. The SMILES string of the molecule is CCSCCSCC1(CC(=O)OC)CC1. The van der Waals surface area contributed by atoms with Crippen LogP contribution in [0.5, 0.6) is 0 Å². The van der Waals surface area contributed by atoms with Gasteiger partial charge in [-0.3, -0.25) is 4.79 Å². The normalized spacial score (nSPS) is 17.5. The second kappa shape index (κ2) is 6.69. The lowest BCUT2D eigenvalue weighted by Gasteiger charge is -2.12. The number of rotatable bonds is 8. The summed E-state index contributed by atoms with van der Waals surface area (Å²) in [6, 6.07) is 0. The van der Waals surface area contributed by atoms with Crippen molar-refractivity contribution in [1.29, 1.82) is 0 Å². The van der Waals surface area contributed by atoms with E-state index < -0.39 is 0 Å². The maximum Gasteiger partial charge on any atom is 0.306 e. The van der Waals surface area contributed by atoms with Crippen molar-refractivity contribution >= 4 is 29.5 Å². The summed E-state index contributed by atoms with van der Waals surface area (Å²) >= 11 is 3.97. The topological polar surface area (TPSA) is 26.3 Å². The molecule has 0 aliphatic heterocycles. The lowest BCUT2D eigenvalue weighted by molar-refractivity contribution is -0.141. The van der Waals surface area contributed by atoms with Crippen LogP contribution in [0.3, 0.4) is 0 Å². The van der Waals surface area contributed by atoms with Crippen LogP contribution in [0, 0.1) is 5.41 Å². The summed E-state index contributed by atoms with van der Waals surface area (Å²) in [5, 5.41) is 0. The molecule has 0 saturated heterocycles. The predicted molar refractivity (Wildman–Crippen MR) is 68.6 cm³/mol. The van der Waals surface area contributed by atoms with E-state index in [4.69, 9.17) is 4.74 Å². The quantitative estimate of drug-likeness (QED) is 0.487. The summed E-state index contributed by atoms with van der Waals surface area (Å²) < 4.78 is 4.72. The Morgan fingerprint density at radius 1 is 1.33 bits per heavy atom. The monoisotopic (exact) mass is 248 g/mol. The minimum atomic E-state index is -0.0453. The van der Waals surface area contributed by atoms with E-state index in [1.807, 2.05) is 23.5 Å². The van der Waals surface area contributed by atoms with Gasteiger partial charge in [0.15, 0.2) is 0 Å². The van der Waals surface area contributed by atoms with Gasteiger partial charge in [-0.25, -0.2) is 0 Å². The molecule has 0 aromatic heterocycles. The molecule has 1 rings (SSSR count). The fourth-order valence-electron chi connectivity index (χ4n) is 1.48. The molecule has 0 aromatic carbocycles. The number of methoxy groups -OCH3 is 1. The lowest BCUT2D eigenvalue weighted by Crippen LogP contribution is -2.13. The molecule has 1 saturated carbocycles. The predicted octanol–water partition coefficient (Wildman–Crippen LogP) is 2.82. The lowest BCUT2D eigenvalue weighted by atomic mass is 10.1. The first-order valence-electron chi connectivity index (χ1n) is 5.45. The van der Waals surface area contributed by atoms with Gasteiger partial charge in [0.1, 0.15) is 0 Å². The van der Waals surface area contributed by atoms with Gasteiger partial charge in [-0.2, -0.15) is 23.5 Å². The summed E-state index contributed by atoms with van der Waals surface area (Å²) in [6.45, 7) is 2.19. The van der Waals surface area contributed by atoms with E-state index in [0.717, 1.165) is 5.75 Å². The number of ether oxygens (including phenoxy) is 1. The molecule has 1 fully saturated rings. The van der Waals surface area contributed by atoms with Gasteiger partial charge < -0.3 is 4.74 Å². The van der Waals surface area contributed by atoms with E-state index in [1.54, 1.807) is 0 Å². The molecule has 1 aliphatic carbocycles. The standard InChI is InChI=1S/C11H20O2S2/c1-3-14-6-7-15-9-11(4-5-11)8-10(12)13-2/h3-9H2,1-2H3. The number of carbonyl (C=O) groups is 1. The van der Waals surface area contributed by atoms with Crippen LogP contribution in [0.25, 0.3) is 0 Å². The molecule has 2 nitrogen and oxygen atoms in total. The molecule has 0 atom stereocenters. The van der Waals surface area contributed by atoms with Crippen molar-refractivity contribution in [2.75, 3.05) is 30.1 Å². The zero-order valence-electron chi connectivity index (χ0n) is 9.58. The first-order chi connectivity index (χ1) is 7.22. The van der Waals surface area contributed by atoms with Crippen LogP contribution in [-0.4, -0.2) is 36.1 Å². The molecule has 0 aromatic rings. The van der Waals surface area contributed by atoms with Crippen LogP contribution in [0.1, 0.15) is 26.2 Å². The Labute approximate surface area is 101 Å². The fraction of sp³-hybridized carbons (Fsp3) is 0.909. The molecular weight excluding hydrogens is 228 g/mol. The van der Waals surface area contributed by atoms with Crippen LogP contribution in [0.4, 0.5) is 0 Å². The number of thioether (sulfide) groups is 2. The van der Waals surface area contributed by atoms with Crippen molar-refractivity contribution in [2.45, 2.75) is 26.2 Å². The third-order valence-electron chi connectivity index (χ3n) is 2.69. The molecule has 0 spiro atoms. The maximum absolute atomic E-state index is 11.2. The first kappa shape index (κ1) is 13.2. The van der Waals surface area contributed by atoms with E-state index in [0.29, 0.717) is 11.8 Å². The minimum absolute atomic E-state index is 0.0453. The van der Waals surface area contributed by atoms with E-state index in [1.165, 1.54) is 37.2 Å². The molecule has 0 unspecified atom stereocenters. The Kier molecular flexibility index (Phi) is 5.90. The van der Waals surface area contributed by atoms with Crippen LogP contribution in [0.2, 0.25) is 0 Å². The van der Waals surface area contributed by atoms with Crippen LogP contribution in [0.15, 0.2) is 0 Å². The Hall–Kier alpha value is 0.170. The number of carbonyl (C=O) groups excluding carboxylic acids is 1. The van der Waals surface area contributed by atoms with Crippen molar-refractivity contribution in [1.82, 2.24) is 0 Å². The largest absolute Gasteiger partial charge is 0.469 e. The van der Waals surface area contributed by atoms with Crippen molar-refractivity contribution in [3.63, 3.8) is 0 Å². The van der Waals surface area contributed by atoms with Crippen molar-refractivity contribution in [2.24, 2.45) is 5.41 Å². The van der Waals surface area contributed by atoms with Gasteiger partial charge in [-0.1, -0.05) is 6.92 Å². The summed E-state index contributed by atoms with van der Waals surface area (Å²) in [5.41, 5.74) is 0.300. The maximum atomic E-state index is 11.2. The highest BCUT2D eigenvalue weighted by molar-refractivity contribution is 8.02. The highest BCUT2D eigenvalue weighted by atomic mass is 32.2. The van der Waals surface area contributed by atoms with Gasteiger partial charge in [-0.15, -0.1) is 0 Å². The molecule has 1 aliphatic rings. The van der Waals surface area contributed by atoms with E-state index in [2.05, 4.69) is 6.92 Å². The molecule has 0 heterocycles. The summed E-state index contributed by atoms with van der Waals surface area (Å²) in [4.78, 5) is 11.2. The van der Waals surface area contributed by atoms with E-state index in [9.17, 15) is 4.79 Å². The van der Waals surface area contributed by atoms with Gasteiger partial charge in [0, 0.05) is 11.5 Å². The minimum Gasteiger partial charge on any atom is -0.469 e. The zero-order valence-corrected chi connectivity index (χ0v) is 11.2. The average Bonchev–Trinajstić information content (AvgIpc) is 2.98. The van der Waals surface area contributed by atoms with Crippen LogP contribution >= 0.6 is 23.5 Å². The molecule has 0 amide bonds. The second-order valence-electron chi connectivity index (χ2n) is 4.00.